The Bertz CT molecular complexity index is 946. The average Bonchev–Trinajstić information content (AvgIpc) is 2.75. The minimum absolute atomic E-state index is 0. The number of rotatable bonds is 15. The summed E-state index contributed by atoms with van der Waals surface area (Å²) in [6.45, 7) is 2.38. The van der Waals surface area contributed by atoms with E-state index in [0.29, 0.717) is 6.42 Å². The van der Waals surface area contributed by atoms with Crippen LogP contribution in [0.5, 0.6) is 0 Å². The summed E-state index contributed by atoms with van der Waals surface area (Å²) in [6.07, 6.45) is 11.7. The molecule has 2 aromatic rings. The predicted octanol–water partition coefficient (Wildman–Crippen LogP) is 2.93. The Morgan fingerprint density at radius 3 is 2.06 bits per heavy atom. The van der Waals surface area contributed by atoms with Crippen molar-refractivity contribution < 1.29 is 47.3 Å². The molecule has 0 spiro atoms. The second kappa shape index (κ2) is 15.1. The van der Waals surface area contributed by atoms with Crippen LogP contribution in [0.3, 0.4) is 0 Å². The summed E-state index contributed by atoms with van der Waals surface area (Å²) in [5, 5.41) is 1.96. The Morgan fingerprint density at radius 2 is 1.44 bits per heavy atom. The second-order valence-electron chi connectivity index (χ2n) is 8.43. The van der Waals surface area contributed by atoms with Gasteiger partial charge in [0.1, 0.15) is 0 Å². The van der Waals surface area contributed by atoms with Crippen LogP contribution in [0.15, 0.2) is 36.4 Å². The average molecular weight is 470 g/mol. The quantitative estimate of drug-likeness (QED) is 0.173. The minimum atomic E-state index is -4.23. The van der Waals surface area contributed by atoms with E-state index in [1.165, 1.54) is 44.9 Å². The zero-order valence-corrected chi connectivity index (χ0v) is 22.8. The molecule has 0 fully saturated rings. The summed E-state index contributed by atoms with van der Waals surface area (Å²) in [7, 11) is -2.47. The smallest absolute Gasteiger partial charge is 0.748 e. The van der Waals surface area contributed by atoms with Crippen LogP contribution < -0.4 is 34.5 Å². The van der Waals surface area contributed by atoms with E-state index < -0.39 is 15.9 Å². The predicted molar refractivity (Wildman–Crippen MR) is 128 cm³/mol. The zero-order chi connectivity index (χ0) is 22.7. The van der Waals surface area contributed by atoms with Gasteiger partial charge < -0.3 is 9.45 Å². The molecule has 0 aromatic heterocycles. The number of nitrogens with zero attached hydrogens (tertiary/aromatic N) is 1. The largest absolute Gasteiger partial charge is 1.00 e. The number of carbonyl (C=O) groups excluding carboxylic acids is 1. The molecule has 0 radical (unpaired) electrons. The van der Waals surface area contributed by atoms with Crippen LogP contribution in [0.4, 0.5) is 5.69 Å². The molecule has 0 saturated carbocycles. The van der Waals surface area contributed by atoms with Gasteiger partial charge >= 0.3 is 29.6 Å². The first kappa shape index (κ1) is 29.1. The number of anilines is 1. The molecular formula is C25H36NNaO4S. The van der Waals surface area contributed by atoms with Crippen LogP contribution in [0.2, 0.25) is 0 Å². The van der Waals surface area contributed by atoms with Crippen LogP contribution in [0, 0.1) is 0 Å². The van der Waals surface area contributed by atoms with Crippen LogP contribution in [0.1, 0.15) is 81.5 Å². The van der Waals surface area contributed by atoms with Gasteiger partial charge in [-0.15, -0.1) is 0 Å². The molecule has 5 nitrogen and oxygen atoms in total. The van der Waals surface area contributed by atoms with Gasteiger partial charge in [0.25, 0.3) is 0 Å². The maximum atomic E-state index is 12.6. The van der Waals surface area contributed by atoms with Gasteiger partial charge in [-0.25, -0.2) is 8.42 Å². The fraction of sp³-hybridized carbons (Fsp3) is 0.560. The molecule has 32 heavy (non-hydrogen) atoms. The third-order valence-corrected chi connectivity index (χ3v) is 6.45. The third kappa shape index (κ3) is 10.8. The van der Waals surface area contributed by atoms with E-state index in [4.69, 9.17) is 0 Å². The van der Waals surface area contributed by atoms with Crippen molar-refractivity contribution in [2.45, 2.75) is 71.1 Å². The SMILES string of the molecule is CCCCCCCCCCCC(=O)c1ccc2cc(N(C)CCS(=O)(=O)[O-])ccc2c1.[Na+]. The molecule has 2 rings (SSSR count). The van der Waals surface area contributed by atoms with Crippen LogP contribution in [0.25, 0.3) is 10.8 Å². The van der Waals surface area contributed by atoms with E-state index in [1.54, 1.807) is 11.9 Å². The Kier molecular flexibility index (Phi) is 13.7. The molecule has 7 heteroatoms. The van der Waals surface area contributed by atoms with E-state index in [2.05, 4.69) is 6.92 Å². The van der Waals surface area contributed by atoms with Crippen LogP contribution in [-0.4, -0.2) is 38.1 Å². The number of hydrogen-bond acceptors (Lipinski definition) is 5. The molecule has 0 aliphatic rings. The summed E-state index contributed by atoms with van der Waals surface area (Å²) in [4.78, 5) is 14.3. The summed E-state index contributed by atoms with van der Waals surface area (Å²) in [5.41, 5.74) is 1.58. The van der Waals surface area contributed by atoms with Crippen molar-refractivity contribution in [2.24, 2.45) is 0 Å². The topological polar surface area (TPSA) is 77.5 Å². The van der Waals surface area contributed by atoms with Crippen molar-refractivity contribution >= 4 is 32.4 Å². The van der Waals surface area contributed by atoms with Crippen molar-refractivity contribution in [3.8, 4) is 0 Å². The summed E-state index contributed by atoms with van der Waals surface area (Å²) >= 11 is 0. The summed E-state index contributed by atoms with van der Waals surface area (Å²) in [5.74, 6) is -0.236. The Balaban J connectivity index is 0.00000512. The molecule has 172 valence electrons. The zero-order valence-electron chi connectivity index (χ0n) is 19.9. The minimum Gasteiger partial charge on any atom is -0.748 e. The molecule has 0 saturated heterocycles. The summed E-state index contributed by atoms with van der Waals surface area (Å²) in [6, 6.07) is 11.5. The molecule has 0 heterocycles. The Labute approximate surface area is 216 Å². The normalized spacial score (nSPS) is 11.3. The first-order valence-electron chi connectivity index (χ1n) is 11.5. The monoisotopic (exact) mass is 469 g/mol. The van der Waals surface area contributed by atoms with E-state index >= 15 is 0 Å². The van der Waals surface area contributed by atoms with Crippen molar-refractivity contribution in [2.75, 3.05) is 24.2 Å². The molecule has 0 aliphatic carbocycles. The van der Waals surface area contributed by atoms with Gasteiger partial charge in [-0.1, -0.05) is 76.5 Å². The van der Waals surface area contributed by atoms with E-state index in [1.807, 2.05) is 36.4 Å². The standard InChI is InChI=1S/C25H37NO4S.Na/c1-3-4-5-6-7-8-9-10-11-12-25(27)23-14-13-22-20-24(16-15-21(22)19-23)26(2)17-18-31(28,29)30;/h13-16,19-20H,3-12,17-18H2,1-2H3,(H,28,29,30);/q;+1/p-1. The number of Topliss-reactive ketones (excluding diaryl/α,β-unsaturated/α-hetero) is 1. The fourth-order valence-electron chi connectivity index (χ4n) is 3.76. The van der Waals surface area contributed by atoms with Crippen molar-refractivity contribution in [3.05, 3.63) is 42.0 Å². The Hall–Kier alpha value is -0.920. The van der Waals surface area contributed by atoms with Gasteiger partial charge in [0.15, 0.2) is 5.78 Å². The molecule has 0 N–H and O–H groups in total. The molecular weight excluding hydrogens is 433 g/mol. The second-order valence-corrected chi connectivity index (χ2v) is 9.95. The third-order valence-electron chi connectivity index (χ3n) is 5.77. The summed E-state index contributed by atoms with van der Waals surface area (Å²) < 4.78 is 32.5. The number of unbranched alkanes of at least 4 members (excludes halogenated alkanes) is 8. The van der Waals surface area contributed by atoms with Crippen molar-refractivity contribution in [1.82, 2.24) is 0 Å². The Morgan fingerprint density at radius 1 is 0.875 bits per heavy atom. The maximum Gasteiger partial charge on any atom is 1.00 e. The number of carbonyl (C=O) groups is 1. The van der Waals surface area contributed by atoms with E-state index in [-0.39, 0.29) is 41.9 Å². The molecule has 2 aromatic carbocycles. The van der Waals surface area contributed by atoms with E-state index in [9.17, 15) is 17.8 Å². The first-order chi connectivity index (χ1) is 14.8. The molecule has 0 unspecified atom stereocenters. The van der Waals surface area contributed by atoms with Crippen LogP contribution >= 0.6 is 0 Å². The van der Waals surface area contributed by atoms with Gasteiger partial charge in [-0.05, 0) is 35.4 Å². The van der Waals surface area contributed by atoms with Gasteiger partial charge in [0.05, 0.1) is 15.9 Å². The number of ketones is 1. The van der Waals surface area contributed by atoms with Crippen LogP contribution in [-0.2, 0) is 10.1 Å². The molecule has 0 bridgehead atoms. The molecule has 0 aliphatic heterocycles. The van der Waals surface area contributed by atoms with Gasteiger partial charge in [-0.3, -0.25) is 4.79 Å². The van der Waals surface area contributed by atoms with Crippen molar-refractivity contribution in [1.29, 1.82) is 0 Å². The fourth-order valence-corrected chi connectivity index (χ4v) is 4.26. The van der Waals surface area contributed by atoms with Gasteiger partial charge in [0.2, 0.25) is 0 Å². The molecule has 0 amide bonds. The van der Waals surface area contributed by atoms with Gasteiger partial charge in [0, 0.05) is 31.3 Å². The van der Waals surface area contributed by atoms with E-state index in [0.717, 1.165) is 34.9 Å². The van der Waals surface area contributed by atoms with Gasteiger partial charge in [-0.2, -0.15) is 0 Å². The number of benzene rings is 2. The number of fused-ring (bicyclic) bond motifs is 1. The van der Waals surface area contributed by atoms with Crippen molar-refractivity contribution in [3.63, 3.8) is 0 Å². The first-order valence-corrected chi connectivity index (χ1v) is 13.1. The number of hydrogen-bond donors (Lipinski definition) is 0. The maximum absolute atomic E-state index is 12.6. The molecule has 0 atom stereocenters.